The molecule has 0 amide bonds. The van der Waals surface area contributed by atoms with E-state index in [9.17, 15) is 0 Å². The van der Waals surface area contributed by atoms with Crippen LogP contribution in [0.5, 0.6) is 11.6 Å². The third-order valence-electron chi connectivity index (χ3n) is 2.34. The zero-order valence-corrected chi connectivity index (χ0v) is 9.40. The second-order valence-corrected chi connectivity index (χ2v) is 3.77. The van der Waals surface area contributed by atoms with Gasteiger partial charge in [0.25, 0.3) is 0 Å². The molecule has 2 aromatic rings. The summed E-state index contributed by atoms with van der Waals surface area (Å²) in [7, 11) is 0. The lowest BCUT2D eigenvalue weighted by atomic mass is 10.1. The van der Waals surface area contributed by atoms with Crippen molar-refractivity contribution in [2.75, 3.05) is 5.73 Å². The molecule has 3 heteroatoms. The maximum absolute atomic E-state index is 5.76. The summed E-state index contributed by atoms with van der Waals surface area (Å²) in [6.45, 7) is 4.05. The largest absolute Gasteiger partial charge is 0.437 e. The van der Waals surface area contributed by atoms with Crippen molar-refractivity contribution < 1.29 is 4.74 Å². The molecule has 3 nitrogen and oxygen atoms in total. The molecule has 0 saturated heterocycles. The van der Waals surface area contributed by atoms with Crippen LogP contribution in [0.15, 0.2) is 36.5 Å². The minimum absolute atomic E-state index is 0.453. The number of pyridine rings is 1. The van der Waals surface area contributed by atoms with Crippen LogP contribution >= 0.6 is 0 Å². The monoisotopic (exact) mass is 214 g/mol. The number of ether oxygens (including phenoxy) is 1. The summed E-state index contributed by atoms with van der Waals surface area (Å²) in [5.74, 6) is 1.24. The predicted molar refractivity (Wildman–Crippen MR) is 64.6 cm³/mol. The topological polar surface area (TPSA) is 48.1 Å². The SMILES string of the molecule is Cc1ccc(Oc2ncccc2N)c(C)c1. The van der Waals surface area contributed by atoms with Gasteiger partial charge < -0.3 is 10.5 Å². The summed E-state index contributed by atoms with van der Waals surface area (Å²) in [5, 5.41) is 0. The van der Waals surface area contributed by atoms with Crippen LogP contribution in [0, 0.1) is 13.8 Å². The van der Waals surface area contributed by atoms with Gasteiger partial charge in [0.2, 0.25) is 5.88 Å². The van der Waals surface area contributed by atoms with Crippen molar-refractivity contribution in [3.8, 4) is 11.6 Å². The molecular formula is C13H14N2O. The maximum atomic E-state index is 5.76. The fraction of sp³-hybridized carbons (Fsp3) is 0.154. The van der Waals surface area contributed by atoms with E-state index in [0.29, 0.717) is 11.6 Å². The Balaban J connectivity index is 2.31. The summed E-state index contributed by atoms with van der Waals surface area (Å²) < 4.78 is 5.66. The number of benzene rings is 1. The molecule has 0 aliphatic heterocycles. The molecule has 0 aliphatic carbocycles. The number of nitrogens with zero attached hydrogens (tertiary/aromatic N) is 1. The van der Waals surface area contributed by atoms with E-state index in [1.54, 1.807) is 18.3 Å². The highest BCUT2D eigenvalue weighted by Gasteiger charge is 2.05. The highest BCUT2D eigenvalue weighted by atomic mass is 16.5. The maximum Gasteiger partial charge on any atom is 0.242 e. The number of hydrogen-bond acceptors (Lipinski definition) is 3. The molecule has 0 bridgehead atoms. The van der Waals surface area contributed by atoms with E-state index in [2.05, 4.69) is 11.1 Å². The summed E-state index contributed by atoms with van der Waals surface area (Å²) >= 11 is 0. The molecule has 2 N–H and O–H groups in total. The molecule has 82 valence electrons. The lowest BCUT2D eigenvalue weighted by molar-refractivity contribution is 0.462. The molecule has 0 radical (unpaired) electrons. The van der Waals surface area contributed by atoms with Gasteiger partial charge in [0.05, 0.1) is 5.69 Å². The normalized spacial score (nSPS) is 10.1. The summed E-state index contributed by atoms with van der Waals surface area (Å²) in [6.07, 6.45) is 1.66. The molecule has 16 heavy (non-hydrogen) atoms. The van der Waals surface area contributed by atoms with Gasteiger partial charge >= 0.3 is 0 Å². The van der Waals surface area contributed by atoms with Crippen LogP contribution in [0.3, 0.4) is 0 Å². The molecule has 0 atom stereocenters. The summed E-state index contributed by atoms with van der Waals surface area (Å²) in [5.41, 5.74) is 8.59. The second-order valence-electron chi connectivity index (χ2n) is 3.77. The van der Waals surface area contributed by atoms with Crippen molar-refractivity contribution in [1.29, 1.82) is 0 Å². The first-order valence-electron chi connectivity index (χ1n) is 5.12. The second kappa shape index (κ2) is 4.23. The van der Waals surface area contributed by atoms with Gasteiger partial charge in [0, 0.05) is 6.20 Å². The van der Waals surface area contributed by atoms with Crippen LogP contribution < -0.4 is 10.5 Å². The van der Waals surface area contributed by atoms with E-state index in [0.717, 1.165) is 11.3 Å². The van der Waals surface area contributed by atoms with E-state index in [4.69, 9.17) is 10.5 Å². The molecule has 0 spiro atoms. The van der Waals surface area contributed by atoms with Gasteiger partial charge in [-0.3, -0.25) is 0 Å². The van der Waals surface area contributed by atoms with E-state index in [1.807, 2.05) is 26.0 Å². The Morgan fingerprint density at radius 3 is 2.69 bits per heavy atom. The first-order valence-corrected chi connectivity index (χ1v) is 5.12. The van der Waals surface area contributed by atoms with Gasteiger partial charge in [-0.15, -0.1) is 0 Å². The Kier molecular flexibility index (Phi) is 2.77. The number of aryl methyl sites for hydroxylation is 2. The number of nitrogen functional groups attached to an aromatic ring is 1. The Morgan fingerprint density at radius 1 is 1.19 bits per heavy atom. The number of rotatable bonds is 2. The molecule has 1 aromatic heterocycles. The molecule has 2 rings (SSSR count). The molecule has 1 heterocycles. The average Bonchev–Trinajstić information content (AvgIpc) is 2.25. The highest BCUT2D eigenvalue weighted by Crippen LogP contribution is 2.27. The smallest absolute Gasteiger partial charge is 0.242 e. The fourth-order valence-corrected chi connectivity index (χ4v) is 1.51. The molecular weight excluding hydrogens is 200 g/mol. The van der Waals surface area contributed by atoms with Crippen molar-refractivity contribution in [2.24, 2.45) is 0 Å². The van der Waals surface area contributed by atoms with Gasteiger partial charge in [-0.25, -0.2) is 4.98 Å². The third-order valence-corrected chi connectivity index (χ3v) is 2.34. The highest BCUT2D eigenvalue weighted by molar-refractivity contribution is 5.49. The Labute approximate surface area is 94.9 Å². The van der Waals surface area contributed by atoms with Gasteiger partial charge in [-0.2, -0.15) is 0 Å². The molecule has 0 aliphatic rings. The Bertz CT molecular complexity index is 509. The van der Waals surface area contributed by atoms with Crippen LogP contribution in [0.1, 0.15) is 11.1 Å². The van der Waals surface area contributed by atoms with E-state index >= 15 is 0 Å². The number of nitrogens with two attached hydrogens (primary N) is 1. The average molecular weight is 214 g/mol. The van der Waals surface area contributed by atoms with Crippen LogP contribution in [0.25, 0.3) is 0 Å². The molecule has 1 aromatic carbocycles. The minimum Gasteiger partial charge on any atom is -0.437 e. The Hall–Kier alpha value is -2.03. The van der Waals surface area contributed by atoms with Crippen molar-refractivity contribution in [3.05, 3.63) is 47.7 Å². The number of hydrogen-bond donors (Lipinski definition) is 1. The first-order chi connectivity index (χ1) is 7.66. The lowest BCUT2D eigenvalue weighted by Gasteiger charge is -2.09. The van der Waals surface area contributed by atoms with Gasteiger partial charge in [0.1, 0.15) is 5.75 Å². The van der Waals surface area contributed by atoms with E-state index in [-0.39, 0.29) is 0 Å². The predicted octanol–water partition coefficient (Wildman–Crippen LogP) is 3.07. The van der Waals surface area contributed by atoms with Gasteiger partial charge in [0.15, 0.2) is 0 Å². The number of anilines is 1. The lowest BCUT2D eigenvalue weighted by Crippen LogP contribution is -1.95. The molecule has 0 unspecified atom stereocenters. The molecule has 0 fully saturated rings. The zero-order valence-electron chi connectivity index (χ0n) is 9.40. The van der Waals surface area contributed by atoms with Crippen LogP contribution in [-0.4, -0.2) is 4.98 Å². The van der Waals surface area contributed by atoms with E-state index < -0.39 is 0 Å². The van der Waals surface area contributed by atoms with Crippen molar-refractivity contribution in [2.45, 2.75) is 13.8 Å². The zero-order chi connectivity index (χ0) is 11.5. The van der Waals surface area contributed by atoms with Gasteiger partial charge in [-0.05, 0) is 37.6 Å². The van der Waals surface area contributed by atoms with E-state index in [1.165, 1.54) is 5.56 Å². The van der Waals surface area contributed by atoms with Crippen molar-refractivity contribution in [1.82, 2.24) is 4.98 Å². The van der Waals surface area contributed by atoms with Crippen LogP contribution in [0.2, 0.25) is 0 Å². The summed E-state index contributed by atoms with van der Waals surface area (Å²) in [4.78, 5) is 4.09. The minimum atomic E-state index is 0.453. The number of aromatic nitrogens is 1. The standard InChI is InChI=1S/C13H14N2O/c1-9-5-6-12(10(2)8-9)16-13-11(14)4-3-7-15-13/h3-8H,14H2,1-2H3. The summed E-state index contributed by atoms with van der Waals surface area (Å²) in [6, 6.07) is 9.55. The van der Waals surface area contributed by atoms with Crippen molar-refractivity contribution >= 4 is 5.69 Å². The van der Waals surface area contributed by atoms with Gasteiger partial charge in [-0.1, -0.05) is 17.7 Å². The van der Waals surface area contributed by atoms with Crippen LogP contribution in [0.4, 0.5) is 5.69 Å². The fourth-order valence-electron chi connectivity index (χ4n) is 1.51. The molecule has 0 saturated carbocycles. The van der Waals surface area contributed by atoms with Crippen LogP contribution in [-0.2, 0) is 0 Å². The quantitative estimate of drug-likeness (QED) is 0.835. The van der Waals surface area contributed by atoms with Crippen molar-refractivity contribution in [3.63, 3.8) is 0 Å². The Morgan fingerprint density at radius 2 is 2.00 bits per heavy atom. The first kappa shape index (κ1) is 10.5. The third kappa shape index (κ3) is 2.14.